The van der Waals surface area contributed by atoms with Crippen LogP contribution in [0.4, 0.5) is 0 Å². The zero-order valence-electron chi connectivity index (χ0n) is 59.0. The molecule has 14 rings (SSSR count). The maximum atomic E-state index is 15.9. The SMILES string of the molecule is CC(=O)OC[C@H]1O[C@@H](O[C@@H]2[C@H](OCc3ccccc3)[C@@H](N3C(=O)c4ccccc4C3=O)[C@H](O[C@@H]3[C@H](OCc4ccccc4)[C@@H](N4C(=O)c5ccccc5C4=O)[C@H](OCc4ccccc4)O[C@@H]3COCc3ccccc3)O[C@@H]2COCc2ccccc2)[C@H](N2C(=O)c3ccccc3C2=O)[C@@H](OC(C)=O)[C@H]1OC(C)=O. The Morgan fingerprint density at radius 2 is 0.565 bits per heavy atom. The smallest absolute Gasteiger partial charge is 0.303 e. The minimum atomic E-state index is -2.06. The summed E-state index contributed by atoms with van der Waals surface area (Å²) in [6.07, 6.45) is -20.3. The molecule has 25 nitrogen and oxygen atoms in total. The molecule has 0 bridgehead atoms. The van der Waals surface area contributed by atoms with Crippen LogP contribution in [0.1, 0.15) is 111 Å². The molecule has 25 heteroatoms. The maximum absolute atomic E-state index is 15.9. The summed E-state index contributed by atoms with van der Waals surface area (Å²) < 4.78 is 89.0. The molecule has 6 aliphatic heterocycles. The van der Waals surface area contributed by atoms with Crippen molar-refractivity contribution >= 4 is 53.4 Å². The average molecular weight is 1470 g/mol. The Kier molecular flexibility index (Phi) is 23.0. The molecule has 0 saturated carbocycles. The Bertz CT molecular complexity index is 4470. The summed E-state index contributed by atoms with van der Waals surface area (Å²) in [6, 6.07) is 58.7. The molecular formula is C83H77N3O22. The zero-order chi connectivity index (χ0) is 75.0. The van der Waals surface area contributed by atoms with Crippen LogP contribution in [0.25, 0.3) is 0 Å². The number of fused-ring (bicyclic) bond motifs is 3. The van der Waals surface area contributed by atoms with E-state index in [1.807, 2.05) is 121 Å². The van der Waals surface area contributed by atoms with Gasteiger partial charge in [-0.1, -0.05) is 188 Å². The van der Waals surface area contributed by atoms with Gasteiger partial charge in [0.05, 0.1) is 79.6 Å². The fourth-order valence-corrected chi connectivity index (χ4v) is 14.6. The number of carbonyl (C=O) groups is 9. The lowest BCUT2D eigenvalue weighted by molar-refractivity contribution is -0.368. The Morgan fingerprint density at radius 1 is 0.296 bits per heavy atom. The summed E-state index contributed by atoms with van der Waals surface area (Å²) in [7, 11) is 0. The third-order valence-corrected chi connectivity index (χ3v) is 19.5. The van der Waals surface area contributed by atoms with Gasteiger partial charge in [-0.15, -0.1) is 0 Å². The number of imide groups is 3. The van der Waals surface area contributed by atoms with Crippen LogP contribution in [0.15, 0.2) is 224 Å². The molecule has 0 spiro atoms. The number of hydrogen-bond donors (Lipinski definition) is 0. The van der Waals surface area contributed by atoms with Crippen LogP contribution in [0.3, 0.4) is 0 Å². The van der Waals surface area contributed by atoms with Gasteiger partial charge in [-0.3, -0.25) is 57.9 Å². The van der Waals surface area contributed by atoms with Crippen LogP contribution >= 0.6 is 0 Å². The molecule has 0 N–H and O–H groups in total. The second-order valence-electron chi connectivity index (χ2n) is 26.7. The zero-order valence-corrected chi connectivity index (χ0v) is 59.0. The summed E-state index contributed by atoms with van der Waals surface area (Å²) in [5.74, 6) is -7.63. The van der Waals surface area contributed by atoms with Gasteiger partial charge in [0.15, 0.2) is 31.1 Å². The standard InChI is InChI=1S/C83H77N3O22/c1-49(87)98-48-65-71(102-50(2)88)74(103-51(3)89)68(86-79(94)61-39-23-24-40-62(61)80(86)95)83(106-65)108-70-64(47-97-42-53-27-11-5-12-28-53)105-82(67(73(70)100-44-55-31-15-7-16-32-55)85-77(92)59-37-21-22-38-60(59)78(85)93)107-69-63(46-96-41-52-25-9-4-10-26-52)104-81(101-45-56-33-17-8-18-34-56)66(72(69)99-43-54-29-13-6-14-30-54)84-75(90)57-35-19-20-36-58(57)76(84)91/h4-40,63-74,81-83H,41-48H2,1-3H3/t63-,64-,65-,66-,67-,68-,69+,70+,71+,72-,73-,74-,81-,82+,83+/m1/s1. The second-order valence-corrected chi connectivity index (χ2v) is 26.7. The van der Waals surface area contributed by atoms with Gasteiger partial charge in [0, 0.05) is 20.8 Å². The third kappa shape index (κ3) is 15.9. The van der Waals surface area contributed by atoms with Crippen molar-refractivity contribution in [1.82, 2.24) is 14.7 Å². The minimum absolute atomic E-state index is 0.0226. The monoisotopic (exact) mass is 1470 g/mol. The van der Waals surface area contributed by atoms with Gasteiger partial charge in [0.1, 0.15) is 67.5 Å². The van der Waals surface area contributed by atoms with Gasteiger partial charge in [-0.05, 0) is 64.2 Å². The summed E-state index contributed by atoms with van der Waals surface area (Å²) >= 11 is 0. The molecule has 6 amide bonds. The lowest BCUT2D eigenvalue weighted by Gasteiger charge is -2.53. The highest BCUT2D eigenvalue weighted by Crippen LogP contribution is 2.44. The summed E-state index contributed by atoms with van der Waals surface area (Å²) in [6.45, 7) is 1.11. The van der Waals surface area contributed by atoms with Crippen LogP contribution in [-0.2, 0) is 109 Å². The van der Waals surface area contributed by atoms with Crippen LogP contribution in [-0.4, -0.2) is 180 Å². The summed E-state index contributed by atoms with van der Waals surface area (Å²) in [4.78, 5) is 135. The Balaban J connectivity index is 0.963. The number of esters is 3. The molecule has 6 aliphatic rings. The van der Waals surface area contributed by atoms with E-state index in [4.69, 9.17) is 61.6 Å². The molecule has 3 fully saturated rings. The molecule has 556 valence electrons. The predicted octanol–water partition coefficient (Wildman–Crippen LogP) is 9.17. The van der Waals surface area contributed by atoms with E-state index >= 15 is 28.8 Å². The molecule has 8 aromatic carbocycles. The normalized spacial score (nSPS) is 25.9. The maximum Gasteiger partial charge on any atom is 0.303 e. The van der Waals surface area contributed by atoms with Crippen molar-refractivity contribution in [3.63, 3.8) is 0 Å². The first kappa shape index (κ1) is 74.1. The number of rotatable bonds is 28. The van der Waals surface area contributed by atoms with Crippen LogP contribution in [0.5, 0.6) is 0 Å². The lowest BCUT2D eigenvalue weighted by Crippen LogP contribution is -2.72. The van der Waals surface area contributed by atoms with Gasteiger partial charge in [-0.2, -0.15) is 0 Å². The number of ether oxygens (including phenoxy) is 13. The number of amides is 6. The van der Waals surface area contributed by atoms with Gasteiger partial charge in [0.2, 0.25) is 0 Å². The quantitative estimate of drug-likeness (QED) is 0.0251. The van der Waals surface area contributed by atoms with Gasteiger partial charge in [0.25, 0.3) is 35.4 Å². The average Bonchev–Trinajstić information content (AvgIpc) is 1.68. The van der Waals surface area contributed by atoms with Crippen molar-refractivity contribution < 1.29 is 105 Å². The Hall–Kier alpha value is -10.8. The summed E-state index contributed by atoms with van der Waals surface area (Å²) in [5, 5.41) is 0. The first-order valence-corrected chi connectivity index (χ1v) is 35.4. The Labute approximate surface area is 621 Å². The van der Waals surface area contributed by atoms with E-state index < -0.39 is 158 Å². The molecule has 6 heterocycles. The van der Waals surface area contributed by atoms with Gasteiger partial charge >= 0.3 is 17.9 Å². The van der Waals surface area contributed by atoms with E-state index in [2.05, 4.69) is 0 Å². The van der Waals surface area contributed by atoms with Crippen molar-refractivity contribution in [2.24, 2.45) is 0 Å². The molecule has 0 radical (unpaired) electrons. The highest BCUT2D eigenvalue weighted by Gasteiger charge is 2.63. The van der Waals surface area contributed by atoms with Crippen molar-refractivity contribution in [3.8, 4) is 0 Å². The van der Waals surface area contributed by atoms with Crippen molar-refractivity contribution in [2.75, 3.05) is 19.8 Å². The highest BCUT2D eigenvalue weighted by molar-refractivity contribution is 6.23. The lowest BCUT2D eigenvalue weighted by atomic mass is 9.91. The molecule has 0 aliphatic carbocycles. The Morgan fingerprint density at radius 3 is 0.889 bits per heavy atom. The largest absolute Gasteiger partial charge is 0.463 e. The number of nitrogens with zero attached hydrogens (tertiary/aromatic N) is 3. The van der Waals surface area contributed by atoms with Gasteiger partial charge < -0.3 is 61.6 Å². The molecule has 108 heavy (non-hydrogen) atoms. The predicted molar refractivity (Wildman–Crippen MR) is 379 cm³/mol. The first-order valence-electron chi connectivity index (χ1n) is 35.4. The second kappa shape index (κ2) is 33.5. The molecule has 0 unspecified atom stereocenters. The van der Waals surface area contributed by atoms with Crippen LogP contribution < -0.4 is 0 Å². The van der Waals surface area contributed by atoms with E-state index in [9.17, 15) is 14.4 Å². The van der Waals surface area contributed by atoms with Crippen molar-refractivity contribution in [2.45, 2.75) is 146 Å². The summed E-state index contributed by atoms with van der Waals surface area (Å²) in [5.41, 5.74) is 3.42. The molecule has 8 aromatic rings. The fourth-order valence-electron chi connectivity index (χ4n) is 14.6. The van der Waals surface area contributed by atoms with Gasteiger partial charge in [-0.25, -0.2) is 0 Å². The molecule has 0 aromatic heterocycles. The highest BCUT2D eigenvalue weighted by atomic mass is 16.8. The molecular weight excluding hydrogens is 1390 g/mol. The fraction of sp³-hybridized carbons (Fsp3) is 0.313. The van der Waals surface area contributed by atoms with Crippen molar-refractivity contribution in [3.05, 3.63) is 286 Å². The molecule has 15 atom stereocenters. The third-order valence-electron chi connectivity index (χ3n) is 19.5. The minimum Gasteiger partial charge on any atom is -0.463 e. The molecule has 3 saturated heterocycles. The van der Waals surface area contributed by atoms with E-state index in [1.165, 1.54) is 24.3 Å². The number of benzene rings is 8. The first-order chi connectivity index (χ1) is 52.6. The van der Waals surface area contributed by atoms with E-state index in [-0.39, 0.29) is 73.0 Å². The van der Waals surface area contributed by atoms with E-state index in [1.54, 1.807) is 78.9 Å². The van der Waals surface area contributed by atoms with E-state index in [0.29, 0.717) is 22.3 Å². The topological polar surface area (TPSA) is 283 Å². The van der Waals surface area contributed by atoms with Crippen molar-refractivity contribution in [1.29, 1.82) is 0 Å². The van der Waals surface area contributed by atoms with E-state index in [0.717, 1.165) is 41.0 Å². The number of carbonyl (C=O) groups excluding carboxylic acids is 9. The number of hydrogen-bond acceptors (Lipinski definition) is 22. The van der Waals surface area contributed by atoms with Crippen LogP contribution in [0, 0.1) is 0 Å². The van der Waals surface area contributed by atoms with Crippen LogP contribution in [0.2, 0.25) is 0 Å².